The molecule has 0 radical (unpaired) electrons. The number of nitrogens with zero attached hydrogens (tertiary/aromatic N) is 4. The molecule has 0 amide bonds. The van der Waals surface area contributed by atoms with Crippen molar-refractivity contribution in [2.75, 3.05) is 16.5 Å². The van der Waals surface area contributed by atoms with Crippen LogP contribution in [0.2, 0.25) is 0 Å². The van der Waals surface area contributed by atoms with Crippen LogP contribution in [0.4, 0.5) is 22.7 Å². The predicted molar refractivity (Wildman–Crippen MR) is 241 cm³/mol. The third-order valence-corrected chi connectivity index (χ3v) is 12.6. The number of rotatable bonds is 6. The number of anilines is 4. The standard InChI is InChI=1S/C52H40N4OS/c1-52(2,3)36-28-29-53-49(30-36)56-43-21-11-10-18-41(43)42-26-24-37(31-45(42)56)57-38-25-27-47-46(32-38)55-33-54(44-22-13-23-48(58-47)51(44)55)50-39(34-14-6-4-7-15-34)19-12-20-40(50)35-16-8-5-9-17-35/h4-32H,33H2,1-3H3. The van der Waals surface area contributed by atoms with E-state index in [1.54, 1.807) is 0 Å². The maximum Gasteiger partial charge on any atom is 0.137 e. The van der Waals surface area contributed by atoms with Gasteiger partial charge in [0.1, 0.15) is 24.0 Å². The van der Waals surface area contributed by atoms with Crippen molar-refractivity contribution in [1.82, 2.24) is 9.55 Å². The Morgan fingerprint density at radius 1 is 0.534 bits per heavy atom. The summed E-state index contributed by atoms with van der Waals surface area (Å²) in [4.78, 5) is 12.3. The van der Waals surface area contributed by atoms with E-state index in [0.29, 0.717) is 6.67 Å². The highest BCUT2D eigenvalue weighted by Crippen LogP contribution is 2.58. The van der Waals surface area contributed by atoms with Crippen molar-refractivity contribution >= 4 is 56.3 Å². The fraction of sp³-hybridized carbons (Fsp3) is 0.0962. The van der Waals surface area contributed by atoms with Crippen LogP contribution in [0.3, 0.4) is 0 Å². The van der Waals surface area contributed by atoms with Crippen LogP contribution in [-0.2, 0) is 5.41 Å². The molecule has 0 saturated heterocycles. The van der Waals surface area contributed by atoms with Gasteiger partial charge < -0.3 is 14.5 Å². The Labute approximate surface area is 342 Å². The molecule has 0 atom stereocenters. The molecule has 0 saturated carbocycles. The summed E-state index contributed by atoms with van der Waals surface area (Å²) in [5.74, 6) is 2.47. The molecule has 280 valence electrons. The number of para-hydroxylation sites is 3. The first-order valence-corrected chi connectivity index (χ1v) is 20.6. The summed E-state index contributed by atoms with van der Waals surface area (Å²) in [7, 11) is 0. The highest BCUT2D eigenvalue weighted by Gasteiger charge is 2.37. The lowest BCUT2D eigenvalue weighted by Crippen LogP contribution is -2.26. The van der Waals surface area contributed by atoms with Gasteiger partial charge in [-0.05, 0) is 76.7 Å². The van der Waals surface area contributed by atoms with Crippen molar-refractivity contribution in [1.29, 1.82) is 0 Å². The van der Waals surface area contributed by atoms with Gasteiger partial charge in [-0.2, -0.15) is 0 Å². The van der Waals surface area contributed by atoms with E-state index in [1.165, 1.54) is 65.4 Å². The lowest BCUT2D eigenvalue weighted by molar-refractivity contribution is 0.483. The smallest absolute Gasteiger partial charge is 0.137 e. The molecule has 0 aliphatic carbocycles. The average molecular weight is 769 g/mol. The minimum absolute atomic E-state index is 0.00142. The molecule has 7 aromatic carbocycles. The SMILES string of the molecule is CC(C)(C)c1ccnc(-n2c3ccccc3c3ccc(Oc4ccc5c(c4)N4CN(c6c(-c7ccccc7)cccc6-c6ccccc6)c6cccc(c64)S5)cc32)c1. The van der Waals surface area contributed by atoms with Crippen molar-refractivity contribution in [3.63, 3.8) is 0 Å². The average Bonchev–Trinajstić information content (AvgIpc) is 3.81. The maximum absolute atomic E-state index is 6.80. The maximum atomic E-state index is 6.80. The Hall–Kier alpha value is -6.76. The molecule has 9 aromatic rings. The van der Waals surface area contributed by atoms with Gasteiger partial charge in [0.15, 0.2) is 0 Å². The lowest BCUT2D eigenvalue weighted by atomic mass is 9.88. The molecule has 2 aromatic heterocycles. The van der Waals surface area contributed by atoms with E-state index >= 15 is 0 Å². The van der Waals surface area contributed by atoms with Crippen LogP contribution < -0.4 is 14.5 Å². The molecule has 0 fully saturated rings. The van der Waals surface area contributed by atoms with Crippen LogP contribution >= 0.6 is 11.8 Å². The van der Waals surface area contributed by atoms with Crippen LogP contribution in [0.25, 0.3) is 49.9 Å². The van der Waals surface area contributed by atoms with E-state index < -0.39 is 0 Å². The summed E-state index contributed by atoms with van der Waals surface area (Å²) < 4.78 is 9.07. The van der Waals surface area contributed by atoms with E-state index in [-0.39, 0.29) is 5.41 Å². The van der Waals surface area contributed by atoms with Crippen molar-refractivity contribution in [3.8, 4) is 39.6 Å². The number of fused-ring (bicyclic) bond motifs is 5. The third-order valence-electron chi connectivity index (χ3n) is 11.5. The van der Waals surface area contributed by atoms with Gasteiger partial charge in [0, 0.05) is 50.0 Å². The predicted octanol–water partition coefficient (Wildman–Crippen LogP) is 14.3. The second kappa shape index (κ2) is 13.4. The Kier molecular flexibility index (Phi) is 7.98. The van der Waals surface area contributed by atoms with Crippen molar-refractivity contribution < 1.29 is 4.74 Å². The summed E-state index contributed by atoms with van der Waals surface area (Å²) >= 11 is 1.83. The van der Waals surface area contributed by atoms with E-state index in [2.05, 4.69) is 205 Å². The molecule has 0 unspecified atom stereocenters. The Morgan fingerprint density at radius 3 is 1.95 bits per heavy atom. The number of aromatic nitrogens is 2. The van der Waals surface area contributed by atoms with Crippen LogP contribution in [-0.4, -0.2) is 16.2 Å². The third kappa shape index (κ3) is 5.66. The van der Waals surface area contributed by atoms with Gasteiger partial charge in [0.05, 0.1) is 33.8 Å². The molecule has 11 rings (SSSR count). The second-order valence-electron chi connectivity index (χ2n) is 16.1. The number of benzene rings is 7. The first kappa shape index (κ1) is 34.5. The molecule has 4 heterocycles. The number of hydrogen-bond acceptors (Lipinski definition) is 5. The largest absolute Gasteiger partial charge is 0.457 e. The van der Waals surface area contributed by atoms with Crippen LogP contribution in [0, 0.1) is 0 Å². The Morgan fingerprint density at radius 2 is 1.19 bits per heavy atom. The first-order valence-electron chi connectivity index (χ1n) is 19.8. The number of pyridine rings is 1. The first-order chi connectivity index (χ1) is 28.4. The van der Waals surface area contributed by atoms with Crippen LogP contribution in [0.15, 0.2) is 186 Å². The van der Waals surface area contributed by atoms with Crippen molar-refractivity contribution in [2.24, 2.45) is 0 Å². The number of hydrogen-bond donors (Lipinski definition) is 0. The van der Waals surface area contributed by atoms with E-state index in [1.807, 2.05) is 18.0 Å². The molecular formula is C52H40N4OS. The van der Waals surface area contributed by atoms with Gasteiger partial charge in [-0.25, -0.2) is 4.98 Å². The zero-order valence-electron chi connectivity index (χ0n) is 32.6. The highest BCUT2D eigenvalue weighted by atomic mass is 32.2. The van der Waals surface area contributed by atoms with Crippen molar-refractivity contribution in [2.45, 2.75) is 36.0 Å². The van der Waals surface area contributed by atoms with Gasteiger partial charge in [-0.1, -0.05) is 136 Å². The molecule has 0 N–H and O–H groups in total. The molecule has 0 bridgehead atoms. The molecule has 2 aliphatic heterocycles. The van der Waals surface area contributed by atoms with Crippen LogP contribution in [0.1, 0.15) is 26.3 Å². The van der Waals surface area contributed by atoms with Gasteiger partial charge in [-0.15, -0.1) is 0 Å². The van der Waals surface area contributed by atoms with Crippen molar-refractivity contribution in [3.05, 3.63) is 182 Å². The van der Waals surface area contributed by atoms with E-state index in [9.17, 15) is 0 Å². The Bertz CT molecular complexity index is 2980. The zero-order chi connectivity index (χ0) is 39.0. The summed E-state index contributed by atoms with van der Waals surface area (Å²) in [5.41, 5.74) is 13.0. The quantitative estimate of drug-likeness (QED) is 0.168. The lowest BCUT2D eigenvalue weighted by Gasteiger charge is -2.29. The topological polar surface area (TPSA) is 33.5 Å². The monoisotopic (exact) mass is 768 g/mol. The molecule has 2 aliphatic rings. The fourth-order valence-corrected chi connectivity index (χ4v) is 9.78. The summed E-state index contributed by atoms with van der Waals surface area (Å²) in [6, 6.07) is 60.7. The minimum Gasteiger partial charge on any atom is -0.457 e. The second-order valence-corrected chi connectivity index (χ2v) is 17.2. The van der Waals surface area contributed by atoms with E-state index in [0.717, 1.165) is 34.0 Å². The van der Waals surface area contributed by atoms with Gasteiger partial charge in [0.25, 0.3) is 0 Å². The molecule has 0 spiro atoms. The Balaban J connectivity index is 0.997. The minimum atomic E-state index is -0.00142. The zero-order valence-corrected chi connectivity index (χ0v) is 33.4. The van der Waals surface area contributed by atoms with Gasteiger partial charge in [-0.3, -0.25) is 4.57 Å². The van der Waals surface area contributed by atoms with Crippen LogP contribution in [0.5, 0.6) is 11.5 Å². The molecular weight excluding hydrogens is 729 g/mol. The normalized spacial score (nSPS) is 13.2. The summed E-state index contributed by atoms with van der Waals surface area (Å²) in [5, 5.41) is 2.36. The van der Waals surface area contributed by atoms with Gasteiger partial charge in [0.2, 0.25) is 0 Å². The van der Waals surface area contributed by atoms with Gasteiger partial charge >= 0.3 is 0 Å². The fourth-order valence-electron chi connectivity index (χ4n) is 8.67. The van der Waals surface area contributed by atoms with E-state index in [4.69, 9.17) is 9.72 Å². The molecule has 5 nitrogen and oxygen atoms in total. The number of ether oxygens (including phenoxy) is 1. The highest BCUT2D eigenvalue weighted by molar-refractivity contribution is 7.99. The molecule has 6 heteroatoms. The summed E-state index contributed by atoms with van der Waals surface area (Å²) in [6.45, 7) is 7.39. The summed E-state index contributed by atoms with van der Waals surface area (Å²) in [6.07, 6.45) is 1.92. The molecule has 58 heavy (non-hydrogen) atoms.